The van der Waals surface area contributed by atoms with Crippen LogP contribution >= 0.6 is 0 Å². The van der Waals surface area contributed by atoms with E-state index < -0.39 is 11.9 Å². The molecule has 2 aromatic heterocycles. The summed E-state index contributed by atoms with van der Waals surface area (Å²) >= 11 is 0. The number of nitrogens with zero attached hydrogens (tertiary/aromatic N) is 3. The van der Waals surface area contributed by atoms with Crippen molar-refractivity contribution in [2.24, 2.45) is 7.05 Å². The maximum absolute atomic E-state index is 12.6. The van der Waals surface area contributed by atoms with Crippen LogP contribution in [0, 0.1) is 0 Å². The third-order valence-electron chi connectivity index (χ3n) is 1.98. The molecule has 0 fully saturated rings. The van der Waals surface area contributed by atoms with E-state index in [9.17, 15) is 13.2 Å². The van der Waals surface area contributed by atoms with E-state index in [4.69, 9.17) is 5.73 Å². The zero-order valence-electron chi connectivity index (χ0n) is 8.21. The average molecular weight is 231 g/mol. The number of nitrogens with two attached hydrogens (primary N) is 1. The van der Waals surface area contributed by atoms with E-state index in [0.717, 1.165) is 4.68 Å². The van der Waals surface area contributed by atoms with Crippen molar-refractivity contribution in [3.05, 3.63) is 18.1 Å². The zero-order valence-corrected chi connectivity index (χ0v) is 8.21. The summed E-state index contributed by atoms with van der Waals surface area (Å²) in [5, 5.41) is 3.37. The first kappa shape index (κ1) is 10.5. The minimum atomic E-state index is -4.50. The van der Waals surface area contributed by atoms with Crippen LogP contribution in [0.2, 0.25) is 0 Å². The Morgan fingerprint density at radius 3 is 2.62 bits per heavy atom. The minimum absolute atomic E-state index is 0.0620. The smallest absolute Gasteiger partial charge is 0.369 e. The monoisotopic (exact) mass is 231 g/mol. The molecule has 0 saturated carbocycles. The van der Waals surface area contributed by atoms with Crippen molar-refractivity contribution < 1.29 is 13.2 Å². The van der Waals surface area contributed by atoms with Crippen LogP contribution in [0.15, 0.2) is 12.4 Å². The molecule has 8 heteroatoms. The Labute approximate surface area is 88.1 Å². The summed E-state index contributed by atoms with van der Waals surface area (Å²) in [6.07, 6.45) is -2.01. The van der Waals surface area contributed by atoms with Gasteiger partial charge in [0.2, 0.25) is 0 Å². The third-order valence-corrected chi connectivity index (χ3v) is 1.98. The Bertz CT molecular complexity index is 510. The summed E-state index contributed by atoms with van der Waals surface area (Å²) in [6, 6.07) is 0. The summed E-state index contributed by atoms with van der Waals surface area (Å²) in [5.41, 5.74) is 4.47. The lowest BCUT2D eigenvalue weighted by molar-refractivity contribution is -0.141. The van der Waals surface area contributed by atoms with Crippen molar-refractivity contribution in [2.75, 3.05) is 5.73 Å². The molecule has 86 valence electrons. The van der Waals surface area contributed by atoms with E-state index in [0.29, 0.717) is 0 Å². The molecule has 2 aromatic rings. The molecule has 0 aliphatic carbocycles. The van der Waals surface area contributed by atoms with Crippen LogP contribution in [-0.4, -0.2) is 19.7 Å². The SMILES string of the molecule is Cn1cc(-c2cnc(N)[nH]2)c(C(F)(F)F)n1. The van der Waals surface area contributed by atoms with Gasteiger partial charge in [-0.1, -0.05) is 0 Å². The van der Waals surface area contributed by atoms with E-state index in [2.05, 4.69) is 15.1 Å². The number of imidazole rings is 1. The van der Waals surface area contributed by atoms with Gasteiger partial charge in [0.1, 0.15) is 0 Å². The molecule has 0 aliphatic rings. The highest BCUT2D eigenvalue weighted by molar-refractivity contribution is 5.62. The fourth-order valence-electron chi connectivity index (χ4n) is 1.37. The number of aromatic nitrogens is 4. The van der Waals surface area contributed by atoms with Crippen LogP contribution in [0.1, 0.15) is 5.69 Å². The highest BCUT2D eigenvalue weighted by Crippen LogP contribution is 2.35. The highest BCUT2D eigenvalue weighted by Gasteiger charge is 2.37. The Hall–Kier alpha value is -1.99. The van der Waals surface area contributed by atoms with E-state index in [1.807, 2.05) is 0 Å². The molecule has 0 spiro atoms. The van der Waals surface area contributed by atoms with Crippen LogP contribution in [0.3, 0.4) is 0 Å². The summed E-state index contributed by atoms with van der Waals surface area (Å²) in [5.74, 6) is 0.0620. The van der Waals surface area contributed by atoms with Gasteiger partial charge in [-0.15, -0.1) is 0 Å². The van der Waals surface area contributed by atoms with Gasteiger partial charge in [-0.25, -0.2) is 4.98 Å². The summed E-state index contributed by atoms with van der Waals surface area (Å²) in [6.45, 7) is 0. The number of rotatable bonds is 1. The minimum Gasteiger partial charge on any atom is -0.369 e. The standard InChI is InChI=1S/C8H8F3N5/c1-16-3-4(5-2-13-7(12)14-5)6(15-16)8(9,10)11/h2-3H,1H3,(H3,12,13,14). The topological polar surface area (TPSA) is 72.5 Å². The fraction of sp³-hybridized carbons (Fsp3) is 0.250. The number of aromatic amines is 1. The number of alkyl halides is 3. The quantitative estimate of drug-likeness (QED) is 0.779. The van der Waals surface area contributed by atoms with Crippen molar-refractivity contribution in [1.82, 2.24) is 19.7 Å². The first-order valence-corrected chi connectivity index (χ1v) is 4.29. The van der Waals surface area contributed by atoms with Crippen LogP contribution in [0.4, 0.5) is 19.1 Å². The second-order valence-electron chi connectivity index (χ2n) is 3.24. The molecule has 5 nitrogen and oxygen atoms in total. The molecule has 0 aromatic carbocycles. The van der Waals surface area contributed by atoms with Crippen molar-refractivity contribution in [1.29, 1.82) is 0 Å². The fourth-order valence-corrected chi connectivity index (χ4v) is 1.37. The molecule has 0 amide bonds. The van der Waals surface area contributed by atoms with Gasteiger partial charge in [-0.05, 0) is 0 Å². The van der Waals surface area contributed by atoms with Crippen molar-refractivity contribution in [3.63, 3.8) is 0 Å². The number of nitrogen functional groups attached to an aromatic ring is 1. The molecular formula is C8H8F3N5. The second-order valence-corrected chi connectivity index (χ2v) is 3.24. The lowest BCUT2D eigenvalue weighted by Gasteiger charge is -2.03. The maximum atomic E-state index is 12.6. The lowest BCUT2D eigenvalue weighted by Crippen LogP contribution is -2.08. The van der Waals surface area contributed by atoms with E-state index >= 15 is 0 Å². The molecule has 3 N–H and O–H groups in total. The van der Waals surface area contributed by atoms with Gasteiger partial charge in [0.05, 0.1) is 17.5 Å². The molecule has 0 radical (unpaired) electrons. The second kappa shape index (κ2) is 3.26. The van der Waals surface area contributed by atoms with Gasteiger partial charge in [0.25, 0.3) is 0 Å². The molecule has 2 rings (SSSR count). The van der Waals surface area contributed by atoms with Gasteiger partial charge in [-0.2, -0.15) is 18.3 Å². The molecule has 16 heavy (non-hydrogen) atoms. The number of aryl methyl sites for hydroxylation is 1. The lowest BCUT2D eigenvalue weighted by atomic mass is 10.2. The molecule has 0 aliphatic heterocycles. The van der Waals surface area contributed by atoms with Gasteiger partial charge >= 0.3 is 6.18 Å². The molecule has 0 bridgehead atoms. The third kappa shape index (κ3) is 1.73. The maximum Gasteiger partial charge on any atom is 0.435 e. The largest absolute Gasteiger partial charge is 0.435 e. The molecule has 0 unspecified atom stereocenters. The number of nitrogens with one attached hydrogen (secondary N) is 1. The van der Waals surface area contributed by atoms with Crippen LogP contribution in [0.25, 0.3) is 11.3 Å². The van der Waals surface area contributed by atoms with Crippen LogP contribution in [-0.2, 0) is 13.2 Å². The van der Waals surface area contributed by atoms with Gasteiger partial charge < -0.3 is 10.7 Å². The first-order valence-electron chi connectivity index (χ1n) is 4.29. The zero-order chi connectivity index (χ0) is 11.9. The Morgan fingerprint density at radius 1 is 1.44 bits per heavy atom. The Balaban J connectivity index is 2.57. The van der Waals surface area contributed by atoms with Crippen molar-refractivity contribution >= 4 is 5.95 Å². The summed E-state index contributed by atoms with van der Waals surface area (Å²) in [4.78, 5) is 6.17. The molecule has 2 heterocycles. The number of halogens is 3. The predicted molar refractivity (Wildman–Crippen MR) is 50.2 cm³/mol. The summed E-state index contributed by atoms with van der Waals surface area (Å²) in [7, 11) is 1.42. The van der Waals surface area contributed by atoms with Crippen LogP contribution < -0.4 is 5.73 Å². The first-order chi connectivity index (χ1) is 7.38. The van der Waals surface area contributed by atoms with Gasteiger partial charge in [0.15, 0.2) is 11.6 Å². The number of H-pyrrole nitrogens is 1. The predicted octanol–water partition coefficient (Wildman–Crippen LogP) is 1.41. The Kier molecular flexibility index (Phi) is 2.14. The van der Waals surface area contributed by atoms with Crippen LogP contribution in [0.5, 0.6) is 0 Å². The molecule has 0 saturated heterocycles. The molecular weight excluding hydrogens is 223 g/mol. The number of anilines is 1. The van der Waals surface area contributed by atoms with E-state index in [1.165, 1.54) is 19.4 Å². The number of hydrogen-bond donors (Lipinski definition) is 2. The normalized spacial score (nSPS) is 12.0. The number of hydrogen-bond acceptors (Lipinski definition) is 3. The van der Waals surface area contributed by atoms with Gasteiger partial charge in [0, 0.05) is 13.2 Å². The van der Waals surface area contributed by atoms with E-state index in [-0.39, 0.29) is 17.2 Å². The average Bonchev–Trinajstić information content (AvgIpc) is 2.70. The van der Waals surface area contributed by atoms with Crippen molar-refractivity contribution in [3.8, 4) is 11.3 Å². The summed E-state index contributed by atoms with van der Waals surface area (Å²) < 4.78 is 38.9. The van der Waals surface area contributed by atoms with E-state index in [1.54, 1.807) is 0 Å². The van der Waals surface area contributed by atoms with Crippen molar-refractivity contribution in [2.45, 2.75) is 6.18 Å². The highest BCUT2D eigenvalue weighted by atomic mass is 19.4. The van der Waals surface area contributed by atoms with Gasteiger partial charge in [-0.3, -0.25) is 4.68 Å². The Morgan fingerprint density at radius 2 is 2.12 bits per heavy atom. The molecule has 0 atom stereocenters.